The summed E-state index contributed by atoms with van der Waals surface area (Å²) < 4.78 is 15.7. The van der Waals surface area contributed by atoms with Crippen molar-refractivity contribution in [2.75, 3.05) is 6.54 Å². The Hall–Kier alpha value is -2.28. The van der Waals surface area contributed by atoms with Crippen molar-refractivity contribution in [3.05, 3.63) is 41.7 Å². The van der Waals surface area contributed by atoms with Gasteiger partial charge in [0.2, 0.25) is 5.82 Å². The maximum atomic E-state index is 14.3. The number of aromatic nitrogens is 3. The summed E-state index contributed by atoms with van der Waals surface area (Å²) >= 11 is 0. The molecule has 0 spiro atoms. The minimum Gasteiger partial charge on any atom is -0.331 e. The van der Waals surface area contributed by atoms with E-state index in [4.69, 9.17) is 5.73 Å². The van der Waals surface area contributed by atoms with Gasteiger partial charge in [-0.3, -0.25) is 4.79 Å². The second-order valence-electron chi connectivity index (χ2n) is 7.23. The Kier molecular flexibility index (Phi) is 5.36. The summed E-state index contributed by atoms with van der Waals surface area (Å²) in [5.74, 6) is 0.0280. The number of amides is 1. The van der Waals surface area contributed by atoms with E-state index in [1.807, 2.05) is 20.8 Å². The smallest absolute Gasteiger partial charge is 0.293 e. The van der Waals surface area contributed by atoms with Gasteiger partial charge in [-0.05, 0) is 38.3 Å². The van der Waals surface area contributed by atoms with E-state index in [-0.39, 0.29) is 29.7 Å². The lowest BCUT2D eigenvalue weighted by molar-refractivity contribution is 0.0571. The maximum Gasteiger partial charge on any atom is 0.293 e. The fourth-order valence-electron chi connectivity index (χ4n) is 3.47. The standard InChI is InChI=1S/C19H26FN5O/c1-12(2)18-22-17(23-25(18)16-10-5-4-8-14(16)20)19(26)24-11-7-6-9-15(24)13(3)21/h4-5,8,10,12-13,15H,6-7,9,11,21H2,1-3H3. The normalized spacial score (nSPS) is 19.0. The predicted octanol–water partition coefficient (Wildman–Crippen LogP) is 2.87. The highest BCUT2D eigenvalue weighted by Gasteiger charge is 2.32. The molecule has 2 unspecified atom stereocenters. The first-order valence-corrected chi connectivity index (χ1v) is 9.18. The predicted molar refractivity (Wildman–Crippen MR) is 97.7 cm³/mol. The Balaban J connectivity index is 1.99. The van der Waals surface area contributed by atoms with Crippen LogP contribution in [-0.4, -0.2) is 44.2 Å². The number of piperidine rings is 1. The molecule has 6 nitrogen and oxygen atoms in total. The minimum absolute atomic E-state index is 0.00533. The molecule has 1 amide bonds. The molecule has 0 saturated carbocycles. The molecule has 1 aliphatic rings. The molecular formula is C19H26FN5O. The second-order valence-corrected chi connectivity index (χ2v) is 7.23. The van der Waals surface area contributed by atoms with E-state index in [0.29, 0.717) is 18.1 Å². The summed E-state index contributed by atoms with van der Waals surface area (Å²) in [7, 11) is 0. The molecule has 7 heteroatoms. The molecule has 1 saturated heterocycles. The summed E-state index contributed by atoms with van der Waals surface area (Å²) in [5, 5.41) is 4.36. The van der Waals surface area contributed by atoms with Gasteiger partial charge in [-0.2, -0.15) is 0 Å². The van der Waals surface area contributed by atoms with Gasteiger partial charge in [0.1, 0.15) is 17.3 Å². The molecule has 140 valence electrons. The molecular weight excluding hydrogens is 333 g/mol. The molecule has 3 rings (SSSR count). The van der Waals surface area contributed by atoms with Crippen molar-refractivity contribution in [2.24, 2.45) is 5.73 Å². The highest BCUT2D eigenvalue weighted by Crippen LogP contribution is 2.23. The third kappa shape index (κ3) is 3.49. The number of nitrogens with two attached hydrogens (primary N) is 1. The third-order valence-corrected chi connectivity index (χ3v) is 4.84. The molecule has 26 heavy (non-hydrogen) atoms. The number of hydrogen-bond donors (Lipinski definition) is 1. The summed E-state index contributed by atoms with van der Waals surface area (Å²) in [4.78, 5) is 19.3. The van der Waals surface area contributed by atoms with Crippen LogP contribution in [0.2, 0.25) is 0 Å². The molecule has 2 heterocycles. The molecule has 0 bridgehead atoms. The molecule has 1 aromatic carbocycles. The van der Waals surface area contributed by atoms with Gasteiger partial charge in [0.25, 0.3) is 5.91 Å². The monoisotopic (exact) mass is 359 g/mol. The lowest BCUT2D eigenvalue weighted by Gasteiger charge is -2.37. The van der Waals surface area contributed by atoms with Gasteiger partial charge in [0.05, 0.1) is 0 Å². The molecule has 1 fully saturated rings. The highest BCUT2D eigenvalue weighted by atomic mass is 19.1. The number of hydrogen-bond acceptors (Lipinski definition) is 4. The lowest BCUT2D eigenvalue weighted by Crippen LogP contribution is -2.51. The molecule has 2 aromatic rings. The lowest BCUT2D eigenvalue weighted by atomic mass is 9.97. The SMILES string of the molecule is CC(C)c1nc(C(=O)N2CCCCC2C(C)N)nn1-c1ccccc1F. The van der Waals surface area contributed by atoms with Crippen LogP contribution < -0.4 is 5.73 Å². The molecule has 2 N–H and O–H groups in total. The van der Waals surface area contributed by atoms with E-state index in [1.165, 1.54) is 10.7 Å². The van der Waals surface area contributed by atoms with Crippen molar-refractivity contribution in [1.29, 1.82) is 0 Å². The fraction of sp³-hybridized carbons (Fsp3) is 0.526. The summed E-state index contributed by atoms with van der Waals surface area (Å²) in [5.41, 5.74) is 6.37. The number of carbonyl (C=O) groups excluding carboxylic acids is 1. The first-order valence-electron chi connectivity index (χ1n) is 9.18. The number of para-hydroxylation sites is 1. The van der Waals surface area contributed by atoms with E-state index in [1.54, 1.807) is 23.1 Å². The number of benzene rings is 1. The zero-order valence-electron chi connectivity index (χ0n) is 15.5. The quantitative estimate of drug-likeness (QED) is 0.911. The van der Waals surface area contributed by atoms with Crippen LogP contribution in [0.1, 0.15) is 62.4 Å². The van der Waals surface area contributed by atoms with Crippen LogP contribution in [0.3, 0.4) is 0 Å². The Morgan fingerprint density at radius 2 is 2.00 bits per heavy atom. The van der Waals surface area contributed by atoms with E-state index in [2.05, 4.69) is 10.1 Å². The zero-order chi connectivity index (χ0) is 18.8. The van der Waals surface area contributed by atoms with Gasteiger partial charge in [-0.1, -0.05) is 26.0 Å². The zero-order valence-corrected chi connectivity index (χ0v) is 15.5. The average molecular weight is 359 g/mol. The van der Waals surface area contributed by atoms with Crippen molar-refractivity contribution in [3.8, 4) is 5.69 Å². The minimum atomic E-state index is -0.398. The van der Waals surface area contributed by atoms with Gasteiger partial charge in [-0.25, -0.2) is 14.1 Å². The van der Waals surface area contributed by atoms with Crippen molar-refractivity contribution in [1.82, 2.24) is 19.7 Å². The van der Waals surface area contributed by atoms with Crippen molar-refractivity contribution in [2.45, 2.75) is 58.0 Å². The van der Waals surface area contributed by atoms with Crippen molar-refractivity contribution >= 4 is 5.91 Å². The van der Waals surface area contributed by atoms with Crippen LogP contribution in [0.4, 0.5) is 4.39 Å². The Bertz CT molecular complexity index is 786. The van der Waals surface area contributed by atoms with Crippen LogP contribution >= 0.6 is 0 Å². The first kappa shape index (κ1) is 18.5. The van der Waals surface area contributed by atoms with Crippen LogP contribution in [0.15, 0.2) is 24.3 Å². The Morgan fingerprint density at radius 1 is 1.27 bits per heavy atom. The van der Waals surface area contributed by atoms with Crippen molar-refractivity contribution < 1.29 is 9.18 Å². The number of likely N-dealkylation sites (tertiary alicyclic amines) is 1. The third-order valence-electron chi connectivity index (χ3n) is 4.84. The van der Waals surface area contributed by atoms with Crippen LogP contribution in [-0.2, 0) is 0 Å². The fourth-order valence-corrected chi connectivity index (χ4v) is 3.47. The van der Waals surface area contributed by atoms with E-state index < -0.39 is 5.82 Å². The van der Waals surface area contributed by atoms with Gasteiger partial charge in [0.15, 0.2) is 0 Å². The topological polar surface area (TPSA) is 77.0 Å². The number of halogens is 1. The van der Waals surface area contributed by atoms with Crippen LogP contribution in [0.25, 0.3) is 5.69 Å². The highest BCUT2D eigenvalue weighted by molar-refractivity contribution is 5.91. The summed E-state index contributed by atoms with van der Waals surface area (Å²) in [6.07, 6.45) is 2.89. The van der Waals surface area contributed by atoms with Crippen LogP contribution in [0, 0.1) is 5.82 Å². The molecule has 0 radical (unpaired) electrons. The summed E-state index contributed by atoms with van der Waals surface area (Å²) in [6, 6.07) is 6.24. The average Bonchev–Trinajstić information content (AvgIpc) is 3.07. The van der Waals surface area contributed by atoms with Gasteiger partial charge >= 0.3 is 0 Å². The Morgan fingerprint density at radius 3 is 2.65 bits per heavy atom. The largest absolute Gasteiger partial charge is 0.331 e. The second kappa shape index (κ2) is 7.53. The molecule has 1 aromatic heterocycles. The molecule has 0 aliphatic carbocycles. The van der Waals surface area contributed by atoms with E-state index in [0.717, 1.165) is 19.3 Å². The number of carbonyl (C=O) groups is 1. The number of nitrogens with zero attached hydrogens (tertiary/aromatic N) is 4. The number of rotatable bonds is 4. The molecule has 1 aliphatic heterocycles. The van der Waals surface area contributed by atoms with Crippen molar-refractivity contribution in [3.63, 3.8) is 0 Å². The Labute approximate surface area is 153 Å². The maximum absolute atomic E-state index is 14.3. The van der Waals surface area contributed by atoms with Crippen LogP contribution in [0.5, 0.6) is 0 Å². The van der Waals surface area contributed by atoms with E-state index >= 15 is 0 Å². The van der Waals surface area contributed by atoms with Gasteiger partial charge < -0.3 is 10.6 Å². The molecule has 2 atom stereocenters. The van der Waals surface area contributed by atoms with Gasteiger partial charge in [0, 0.05) is 24.5 Å². The van der Waals surface area contributed by atoms with Gasteiger partial charge in [-0.15, -0.1) is 5.10 Å². The first-order chi connectivity index (χ1) is 12.4. The van der Waals surface area contributed by atoms with E-state index in [9.17, 15) is 9.18 Å². The summed E-state index contributed by atoms with van der Waals surface area (Å²) in [6.45, 7) is 6.46.